The van der Waals surface area contributed by atoms with Crippen LogP contribution in [0.1, 0.15) is 16.7 Å². The van der Waals surface area contributed by atoms with Gasteiger partial charge in [-0.15, -0.1) is 0 Å². The van der Waals surface area contributed by atoms with Gasteiger partial charge in [0.25, 0.3) is 0 Å². The van der Waals surface area contributed by atoms with Crippen molar-refractivity contribution in [2.24, 2.45) is 5.73 Å². The number of nitrogens with zero attached hydrogens (tertiary/aromatic N) is 1. The third-order valence-electron chi connectivity index (χ3n) is 4.21. The summed E-state index contributed by atoms with van der Waals surface area (Å²) in [5.41, 5.74) is 12.9. The lowest BCUT2D eigenvalue weighted by molar-refractivity contribution is 0.968. The van der Waals surface area contributed by atoms with Gasteiger partial charge in [0.05, 0.1) is 0 Å². The second kappa shape index (κ2) is 7.33. The first kappa shape index (κ1) is 16.3. The number of anilines is 3. The van der Waals surface area contributed by atoms with Gasteiger partial charge < -0.3 is 10.6 Å². The molecule has 3 aromatic rings. The van der Waals surface area contributed by atoms with Crippen LogP contribution in [-0.2, 0) is 6.42 Å². The molecular formula is C22H24N2. The summed E-state index contributed by atoms with van der Waals surface area (Å²) in [6.45, 7) is 4.90. The lowest BCUT2D eigenvalue weighted by Gasteiger charge is -2.26. The van der Waals surface area contributed by atoms with E-state index in [4.69, 9.17) is 5.73 Å². The van der Waals surface area contributed by atoms with Gasteiger partial charge in [0.1, 0.15) is 0 Å². The molecule has 0 saturated carbocycles. The van der Waals surface area contributed by atoms with E-state index >= 15 is 0 Å². The first-order chi connectivity index (χ1) is 11.7. The van der Waals surface area contributed by atoms with Crippen LogP contribution in [0, 0.1) is 13.8 Å². The molecule has 0 aliphatic rings. The third-order valence-corrected chi connectivity index (χ3v) is 4.21. The zero-order valence-electron chi connectivity index (χ0n) is 14.4. The molecule has 24 heavy (non-hydrogen) atoms. The minimum Gasteiger partial charge on any atom is -0.330 e. The minimum absolute atomic E-state index is 0.680. The quantitative estimate of drug-likeness (QED) is 0.694. The molecule has 0 aromatic heterocycles. The van der Waals surface area contributed by atoms with Gasteiger partial charge in [0.2, 0.25) is 0 Å². The van der Waals surface area contributed by atoms with Crippen LogP contribution >= 0.6 is 0 Å². The lowest BCUT2D eigenvalue weighted by Crippen LogP contribution is -2.10. The fourth-order valence-corrected chi connectivity index (χ4v) is 2.81. The molecule has 0 spiro atoms. The SMILES string of the molecule is Cc1ccc(N(c2ccc(C)cc2)c2ccc(CCN)cc2)cc1. The molecule has 0 saturated heterocycles. The normalized spacial score (nSPS) is 10.6. The average Bonchev–Trinajstić information content (AvgIpc) is 2.60. The molecule has 3 rings (SSSR count). The number of benzene rings is 3. The molecule has 0 aliphatic carbocycles. The topological polar surface area (TPSA) is 29.3 Å². The molecule has 122 valence electrons. The van der Waals surface area contributed by atoms with E-state index in [0.29, 0.717) is 6.54 Å². The standard InChI is InChI=1S/C22H24N2/c1-17-3-9-20(10-4-17)24(21-11-5-18(2)6-12-21)22-13-7-19(8-14-22)15-16-23/h3-14H,15-16,23H2,1-2H3. The molecule has 0 amide bonds. The Kier molecular flexibility index (Phi) is 4.97. The molecule has 3 aromatic carbocycles. The maximum Gasteiger partial charge on any atom is 0.0461 e. The molecule has 0 fully saturated rings. The van der Waals surface area contributed by atoms with Crippen molar-refractivity contribution in [3.63, 3.8) is 0 Å². The molecule has 0 radical (unpaired) electrons. The first-order valence-corrected chi connectivity index (χ1v) is 8.40. The molecule has 2 N–H and O–H groups in total. The zero-order valence-corrected chi connectivity index (χ0v) is 14.4. The summed E-state index contributed by atoms with van der Waals surface area (Å²) < 4.78 is 0. The highest BCUT2D eigenvalue weighted by Gasteiger charge is 2.12. The van der Waals surface area contributed by atoms with Gasteiger partial charge in [-0.2, -0.15) is 0 Å². The summed E-state index contributed by atoms with van der Waals surface area (Å²) in [7, 11) is 0. The van der Waals surface area contributed by atoms with Gasteiger partial charge in [0.15, 0.2) is 0 Å². The summed E-state index contributed by atoms with van der Waals surface area (Å²) in [5.74, 6) is 0. The molecule has 2 heteroatoms. The van der Waals surface area contributed by atoms with Gasteiger partial charge in [-0.3, -0.25) is 0 Å². The number of rotatable bonds is 5. The van der Waals surface area contributed by atoms with Crippen LogP contribution in [0.15, 0.2) is 72.8 Å². The monoisotopic (exact) mass is 316 g/mol. The maximum atomic E-state index is 5.66. The molecule has 0 aliphatic heterocycles. The van der Waals surface area contributed by atoms with Crippen molar-refractivity contribution in [1.29, 1.82) is 0 Å². The van der Waals surface area contributed by atoms with Crippen molar-refractivity contribution in [3.05, 3.63) is 89.5 Å². The Morgan fingerprint density at radius 1 is 0.625 bits per heavy atom. The van der Waals surface area contributed by atoms with Gasteiger partial charge in [-0.25, -0.2) is 0 Å². The van der Waals surface area contributed by atoms with Crippen molar-refractivity contribution in [2.45, 2.75) is 20.3 Å². The van der Waals surface area contributed by atoms with E-state index in [1.54, 1.807) is 0 Å². The van der Waals surface area contributed by atoms with Gasteiger partial charge >= 0.3 is 0 Å². The minimum atomic E-state index is 0.680. The third kappa shape index (κ3) is 3.66. The predicted molar refractivity (Wildman–Crippen MR) is 103 cm³/mol. The van der Waals surface area contributed by atoms with Crippen LogP contribution in [0.3, 0.4) is 0 Å². The van der Waals surface area contributed by atoms with Crippen molar-refractivity contribution in [3.8, 4) is 0 Å². The maximum absolute atomic E-state index is 5.66. The lowest BCUT2D eigenvalue weighted by atomic mass is 10.1. The molecule has 0 bridgehead atoms. The number of aryl methyl sites for hydroxylation is 2. The summed E-state index contributed by atoms with van der Waals surface area (Å²) in [5, 5.41) is 0. The van der Waals surface area contributed by atoms with E-state index in [0.717, 1.165) is 23.5 Å². The van der Waals surface area contributed by atoms with Crippen LogP contribution in [0.5, 0.6) is 0 Å². The van der Waals surface area contributed by atoms with E-state index < -0.39 is 0 Å². The van der Waals surface area contributed by atoms with E-state index in [-0.39, 0.29) is 0 Å². The van der Waals surface area contributed by atoms with Gasteiger partial charge in [-0.1, -0.05) is 47.5 Å². The molecular weight excluding hydrogens is 292 g/mol. The van der Waals surface area contributed by atoms with Crippen LogP contribution in [0.25, 0.3) is 0 Å². The van der Waals surface area contributed by atoms with Crippen LogP contribution in [0.2, 0.25) is 0 Å². The predicted octanol–water partition coefficient (Wildman–Crippen LogP) is 5.27. The van der Waals surface area contributed by atoms with Crippen molar-refractivity contribution >= 4 is 17.1 Å². The average molecular weight is 316 g/mol. The van der Waals surface area contributed by atoms with E-state index in [2.05, 4.69) is 91.5 Å². The highest BCUT2D eigenvalue weighted by Crippen LogP contribution is 2.34. The summed E-state index contributed by atoms with van der Waals surface area (Å²) in [6.07, 6.45) is 0.912. The highest BCUT2D eigenvalue weighted by molar-refractivity contribution is 5.76. The van der Waals surface area contributed by atoms with Crippen molar-refractivity contribution in [1.82, 2.24) is 0 Å². The van der Waals surface area contributed by atoms with Crippen molar-refractivity contribution in [2.75, 3.05) is 11.4 Å². The van der Waals surface area contributed by atoms with E-state index in [9.17, 15) is 0 Å². The number of nitrogens with two attached hydrogens (primary N) is 1. The largest absolute Gasteiger partial charge is 0.330 e. The fourth-order valence-electron chi connectivity index (χ4n) is 2.81. The Labute approximate surface area is 144 Å². The van der Waals surface area contributed by atoms with E-state index in [1.807, 2.05) is 0 Å². The molecule has 0 heterocycles. The van der Waals surface area contributed by atoms with Crippen molar-refractivity contribution < 1.29 is 0 Å². The Balaban J connectivity index is 2.04. The molecule has 0 atom stereocenters. The number of hydrogen-bond donors (Lipinski definition) is 1. The number of hydrogen-bond acceptors (Lipinski definition) is 2. The summed E-state index contributed by atoms with van der Waals surface area (Å²) in [6, 6.07) is 26.0. The Morgan fingerprint density at radius 2 is 1.00 bits per heavy atom. The zero-order chi connectivity index (χ0) is 16.9. The van der Waals surface area contributed by atoms with Gasteiger partial charge in [-0.05, 0) is 68.8 Å². The highest BCUT2D eigenvalue weighted by atomic mass is 15.1. The first-order valence-electron chi connectivity index (χ1n) is 8.40. The van der Waals surface area contributed by atoms with E-state index in [1.165, 1.54) is 16.7 Å². The summed E-state index contributed by atoms with van der Waals surface area (Å²) in [4.78, 5) is 2.28. The Hall–Kier alpha value is -2.58. The van der Waals surface area contributed by atoms with Gasteiger partial charge in [0, 0.05) is 17.1 Å². The second-order valence-corrected chi connectivity index (χ2v) is 6.21. The smallest absolute Gasteiger partial charge is 0.0461 e. The Bertz CT molecular complexity index is 726. The molecule has 2 nitrogen and oxygen atoms in total. The Morgan fingerprint density at radius 3 is 1.38 bits per heavy atom. The molecule has 0 unspecified atom stereocenters. The fraction of sp³-hybridized carbons (Fsp3) is 0.182. The summed E-state index contributed by atoms with van der Waals surface area (Å²) >= 11 is 0. The van der Waals surface area contributed by atoms with Crippen LogP contribution < -0.4 is 10.6 Å². The van der Waals surface area contributed by atoms with Crippen LogP contribution in [-0.4, -0.2) is 6.54 Å². The van der Waals surface area contributed by atoms with Crippen LogP contribution in [0.4, 0.5) is 17.1 Å². The second-order valence-electron chi connectivity index (χ2n) is 6.21.